The molecule has 0 fully saturated rings. The molecular weight excluding hydrogens is 386 g/mol. The zero-order valence-corrected chi connectivity index (χ0v) is 16.6. The van der Waals surface area contributed by atoms with Crippen LogP contribution in [0, 0.1) is 0 Å². The first kappa shape index (κ1) is 19.4. The fourth-order valence-electron chi connectivity index (χ4n) is 2.65. The molecule has 0 aliphatic carbocycles. The highest BCUT2D eigenvalue weighted by Crippen LogP contribution is 2.31. The number of benzene rings is 2. The van der Waals surface area contributed by atoms with E-state index < -0.39 is 0 Å². The van der Waals surface area contributed by atoms with Crippen LogP contribution in [0.25, 0.3) is 10.9 Å². The van der Waals surface area contributed by atoms with Gasteiger partial charge in [-0.25, -0.2) is 4.31 Å². The van der Waals surface area contributed by atoms with Crippen molar-refractivity contribution in [3.05, 3.63) is 53.2 Å². The van der Waals surface area contributed by atoms with Gasteiger partial charge in [-0.3, -0.25) is 4.79 Å². The maximum absolute atomic E-state index is 11.8. The fraction of sp³-hybridized carbons (Fsp3) is 0.211. The molecule has 0 aliphatic heterocycles. The molecule has 1 heterocycles. The van der Waals surface area contributed by atoms with Gasteiger partial charge in [0.25, 0.3) is 0 Å². The number of nitrogens with one attached hydrogen (secondary N) is 1. The summed E-state index contributed by atoms with van der Waals surface area (Å²) >= 11 is 7.71. The molecule has 142 valence electrons. The summed E-state index contributed by atoms with van der Waals surface area (Å²) in [5.74, 6) is 0.462. The Hall–Kier alpha value is -2.35. The van der Waals surface area contributed by atoms with E-state index in [0.717, 1.165) is 27.2 Å². The average molecular weight is 406 g/mol. The van der Waals surface area contributed by atoms with E-state index in [0.29, 0.717) is 17.3 Å². The number of rotatable bonds is 7. The molecule has 0 aliphatic rings. The number of aromatic amines is 1. The molecule has 0 amide bonds. The number of carbonyl (C=O) groups is 1. The second-order valence-electron chi connectivity index (χ2n) is 5.86. The van der Waals surface area contributed by atoms with E-state index in [1.807, 2.05) is 34.6 Å². The van der Waals surface area contributed by atoms with Crippen molar-refractivity contribution in [2.24, 2.45) is 0 Å². The molecule has 0 bridgehead atoms. The number of halogens is 1. The van der Waals surface area contributed by atoms with Crippen molar-refractivity contribution < 1.29 is 14.3 Å². The second kappa shape index (κ2) is 8.56. The van der Waals surface area contributed by atoms with Crippen molar-refractivity contribution in [1.82, 2.24) is 9.29 Å². The van der Waals surface area contributed by atoms with E-state index in [2.05, 4.69) is 4.98 Å². The molecule has 3 rings (SSSR count). The molecule has 3 N–H and O–H groups in total. The van der Waals surface area contributed by atoms with Crippen LogP contribution in [0.3, 0.4) is 0 Å². The van der Waals surface area contributed by atoms with Gasteiger partial charge in [-0.05, 0) is 54.4 Å². The molecule has 0 spiro atoms. The first-order valence-electron chi connectivity index (χ1n) is 8.19. The number of ether oxygens (including phenoxy) is 2. The largest absolute Gasteiger partial charge is 0.497 e. The van der Waals surface area contributed by atoms with E-state index in [4.69, 9.17) is 26.8 Å². The zero-order valence-electron chi connectivity index (χ0n) is 15.0. The van der Waals surface area contributed by atoms with Crippen LogP contribution in [0.2, 0.25) is 5.02 Å². The first-order valence-corrected chi connectivity index (χ1v) is 9.34. The quantitative estimate of drug-likeness (QED) is 0.350. The first-order chi connectivity index (χ1) is 13.0. The van der Waals surface area contributed by atoms with Crippen molar-refractivity contribution in [2.75, 3.05) is 26.5 Å². The number of anilines is 1. The van der Waals surface area contributed by atoms with Crippen LogP contribution in [0.15, 0.2) is 47.4 Å². The summed E-state index contributed by atoms with van der Waals surface area (Å²) in [4.78, 5) is 16.1. The van der Waals surface area contributed by atoms with Crippen LogP contribution in [-0.2, 0) is 16.1 Å². The van der Waals surface area contributed by atoms with E-state index in [-0.39, 0.29) is 12.5 Å². The summed E-state index contributed by atoms with van der Waals surface area (Å²) in [5, 5.41) is 1.47. The predicted molar refractivity (Wildman–Crippen MR) is 109 cm³/mol. The van der Waals surface area contributed by atoms with Crippen LogP contribution in [0.5, 0.6) is 5.75 Å². The Labute approximate surface area is 166 Å². The Morgan fingerprint density at radius 1 is 1.22 bits per heavy atom. The van der Waals surface area contributed by atoms with Crippen molar-refractivity contribution in [3.8, 4) is 5.75 Å². The third-order valence-corrected chi connectivity index (χ3v) is 5.32. The van der Waals surface area contributed by atoms with Crippen LogP contribution >= 0.6 is 23.5 Å². The Kier molecular flexibility index (Phi) is 6.15. The number of hydrogen-bond donors (Lipinski definition) is 2. The number of nitrogen functional groups attached to an aromatic ring is 1. The smallest absolute Gasteiger partial charge is 0.320 e. The Bertz CT molecular complexity index is 904. The highest BCUT2D eigenvalue weighted by atomic mass is 35.5. The molecular formula is C19H20ClN3O3S. The third kappa shape index (κ3) is 4.68. The minimum atomic E-state index is -0.315. The molecule has 1 aromatic heterocycles. The van der Waals surface area contributed by atoms with Gasteiger partial charge >= 0.3 is 5.97 Å². The minimum absolute atomic E-state index is 0.131. The van der Waals surface area contributed by atoms with Gasteiger partial charge in [-0.2, -0.15) is 0 Å². The number of nitrogens with zero attached hydrogens (tertiary/aromatic N) is 1. The molecule has 8 heteroatoms. The van der Waals surface area contributed by atoms with Gasteiger partial charge in [0.1, 0.15) is 12.3 Å². The number of aromatic nitrogens is 1. The number of hydrogen-bond acceptors (Lipinski definition) is 6. The summed E-state index contributed by atoms with van der Waals surface area (Å²) in [6.07, 6.45) is 0. The lowest BCUT2D eigenvalue weighted by Crippen LogP contribution is -2.24. The molecule has 6 nitrogen and oxygen atoms in total. The number of nitrogens with two attached hydrogens (primary N) is 1. The Morgan fingerprint density at radius 2 is 1.96 bits per heavy atom. The molecule has 0 radical (unpaired) electrons. The lowest BCUT2D eigenvalue weighted by Gasteiger charge is -2.19. The zero-order chi connectivity index (χ0) is 19.4. The van der Waals surface area contributed by atoms with Gasteiger partial charge in [0.05, 0.1) is 31.3 Å². The number of fused-ring (bicyclic) bond motifs is 1. The predicted octanol–water partition coefficient (Wildman–Crippen LogP) is 4.09. The molecule has 27 heavy (non-hydrogen) atoms. The van der Waals surface area contributed by atoms with Crippen LogP contribution in [0.1, 0.15) is 5.69 Å². The molecule has 3 aromatic rings. The van der Waals surface area contributed by atoms with Crippen molar-refractivity contribution >= 4 is 46.1 Å². The van der Waals surface area contributed by atoms with E-state index in [9.17, 15) is 4.79 Å². The van der Waals surface area contributed by atoms with E-state index in [1.165, 1.54) is 19.1 Å². The van der Waals surface area contributed by atoms with Crippen LogP contribution in [0.4, 0.5) is 5.69 Å². The normalized spacial score (nSPS) is 11.1. The summed E-state index contributed by atoms with van der Waals surface area (Å²) in [6, 6.07) is 13.1. The third-order valence-electron chi connectivity index (χ3n) is 4.01. The monoisotopic (exact) mass is 405 g/mol. The standard InChI is InChI=1S/C19H20ClN3O3S/c1-25-13-3-5-14(6-4-13)27-23(11-18(24)26-2)10-12-9-15-17(21)8-7-16(20)19(15)22-12/h3-9,22H,10-11,21H2,1-2H3. The van der Waals surface area contributed by atoms with Gasteiger partial charge in [0, 0.05) is 21.7 Å². The van der Waals surface area contributed by atoms with Crippen LogP contribution in [-0.4, -0.2) is 36.0 Å². The molecule has 0 atom stereocenters. The number of H-pyrrole nitrogens is 1. The van der Waals surface area contributed by atoms with E-state index in [1.54, 1.807) is 19.2 Å². The van der Waals surface area contributed by atoms with Gasteiger partial charge in [-0.15, -0.1) is 0 Å². The van der Waals surface area contributed by atoms with Gasteiger partial charge < -0.3 is 20.2 Å². The summed E-state index contributed by atoms with van der Waals surface area (Å²) in [6.45, 7) is 0.613. The van der Waals surface area contributed by atoms with Gasteiger partial charge in [-0.1, -0.05) is 11.6 Å². The Balaban J connectivity index is 1.83. The lowest BCUT2D eigenvalue weighted by molar-refractivity contribution is -0.140. The van der Waals surface area contributed by atoms with E-state index >= 15 is 0 Å². The Morgan fingerprint density at radius 3 is 2.59 bits per heavy atom. The van der Waals surface area contributed by atoms with Gasteiger partial charge in [0.2, 0.25) is 0 Å². The maximum atomic E-state index is 11.8. The molecule has 0 saturated carbocycles. The summed E-state index contributed by atoms with van der Waals surface area (Å²) in [5.41, 5.74) is 8.38. The minimum Gasteiger partial charge on any atom is -0.497 e. The maximum Gasteiger partial charge on any atom is 0.320 e. The number of esters is 1. The fourth-order valence-corrected chi connectivity index (χ4v) is 3.79. The highest BCUT2D eigenvalue weighted by molar-refractivity contribution is 7.97. The SMILES string of the molecule is COC(=O)CN(Cc1cc2c(N)ccc(Cl)c2[nH]1)Sc1ccc(OC)cc1. The van der Waals surface area contributed by atoms with Gasteiger partial charge in [0.15, 0.2) is 0 Å². The molecule has 0 unspecified atom stereocenters. The highest BCUT2D eigenvalue weighted by Gasteiger charge is 2.16. The van der Waals surface area contributed by atoms with Crippen LogP contribution < -0.4 is 10.5 Å². The van der Waals surface area contributed by atoms with Crippen molar-refractivity contribution in [2.45, 2.75) is 11.4 Å². The number of carbonyl (C=O) groups excluding carboxylic acids is 1. The second-order valence-corrected chi connectivity index (χ2v) is 7.44. The summed E-state index contributed by atoms with van der Waals surface area (Å²) in [7, 11) is 3.00. The summed E-state index contributed by atoms with van der Waals surface area (Å²) < 4.78 is 11.9. The topological polar surface area (TPSA) is 80.6 Å². The lowest BCUT2D eigenvalue weighted by atomic mass is 10.2. The van der Waals surface area contributed by atoms with Crippen molar-refractivity contribution in [1.29, 1.82) is 0 Å². The average Bonchev–Trinajstić information content (AvgIpc) is 3.10. The molecule has 2 aromatic carbocycles. The van der Waals surface area contributed by atoms with Crippen molar-refractivity contribution in [3.63, 3.8) is 0 Å². The molecule has 0 saturated heterocycles. The number of methoxy groups -OCH3 is 2.